The van der Waals surface area contributed by atoms with Gasteiger partial charge in [0.05, 0.1) is 5.25 Å². The van der Waals surface area contributed by atoms with E-state index in [1.54, 1.807) is 6.92 Å². The minimum Gasteiger partial charge on any atom is -0.310 e. The summed E-state index contributed by atoms with van der Waals surface area (Å²) in [5.41, 5.74) is 0.464. The Labute approximate surface area is 257 Å². The molecular formula is C32H46N2O5S3. The first kappa shape index (κ1) is 35.7. The lowest BCUT2D eigenvalue weighted by molar-refractivity contribution is -0.119. The van der Waals surface area contributed by atoms with E-state index in [1.165, 1.54) is 6.07 Å². The lowest BCUT2D eigenvalue weighted by Crippen LogP contribution is -2.33. The van der Waals surface area contributed by atoms with Crippen LogP contribution in [0.15, 0.2) is 87.4 Å². The Kier molecular flexibility index (Phi) is 16.0. The molecule has 1 aromatic heterocycles. The van der Waals surface area contributed by atoms with Crippen LogP contribution in [0.2, 0.25) is 0 Å². The van der Waals surface area contributed by atoms with Gasteiger partial charge in [-0.05, 0) is 70.9 Å². The second-order valence-corrected chi connectivity index (χ2v) is 15.5. The maximum Gasteiger partial charge on any atom is 0.273 e. The number of carbonyl (C=O) groups is 1. The highest BCUT2D eigenvalue weighted by Gasteiger charge is 2.39. The molecule has 0 saturated heterocycles. The van der Waals surface area contributed by atoms with Crippen molar-refractivity contribution in [3.63, 3.8) is 0 Å². The van der Waals surface area contributed by atoms with Gasteiger partial charge >= 0.3 is 0 Å². The van der Waals surface area contributed by atoms with E-state index in [4.69, 9.17) is 0 Å². The minimum atomic E-state index is -4.16. The van der Waals surface area contributed by atoms with Crippen molar-refractivity contribution in [3.8, 4) is 0 Å². The number of carbonyl (C=O) groups excluding carboxylic acids is 1. The summed E-state index contributed by atoms with van der Waals surface area (Å²) in [4.78, 5) is 12.3. The van der Waals surface area contributed by atoms with Crippen molar-refractivity contribution < 1.29 is 21.6 Å². The van der Waals surface area contributed by atoms with Crippen molar-refractivity contribution in [1.82, 2.24) is 10.0 Å². The lowest BCUT2D eigenvalue weighted by Gasteiger charge is -2.27. The van der Waals surface area contributed by atoms with E-state index in [0.717, 1.165) is 38.5 Å². The molecule has 42 heavy (non-hydrogen) atoms. The molecule has 0 fully saturated rings. The Morgan fingerprint density at radius 1 is 0.881 bits per heavy atom. The highest BCUT2D eigenvalue weighted by Crippen LogP contribution is 2.42. The summed E-state index contributed by atoms with van der Waals surface area (Å²) in [5, 5.41) is 2.62. The molecule has 0 spiro atoms. The summed E-state index contributed by atoms with van der Waals surface area (Å²) in [6, 6.07) is 1.14. The van der Waals surface area contributed by atoms with Gasteiger partial charge < -0.3 is 5.32 Å². The molecule has 0 unspecified atom stereocenters. The maximum atomic E-state index is 12.8. The van der Waals surface area contributed by atoms with Crippen molar-refractivity contribution in [2.24, 2.45) is 0 Å². The summed E-state index contributed by atoms with van der Waals surface area (Å²) >= 11 is 0.712. The van der Waals surface area contributed by atoms with Gasteiger partial charge in [-0.15, -0.1) is 11.3 Å². The third-order valence-electron chi connectivity index (χ3n) is 6.53. The zero-order chi connectivity index (χ0) is 30.8. The van der Waals surface area contributed by atoms with Crippen LogP contribution < -0.4 is 10.0 Å². The molecule has 1 aliphatic heterocycles. The van der Waals surface area contributed by atoms with E-state index in [0.29, 0.717) is 36.3 Å². The van der Waals surface area contributed by atoms with Gasteiger partial charge in [0.2, 0.25) is 5.91 Å². The number of hydrogen-bond donors (Lipinski definition) is 2. The molecule has 1 aromatic rings. The van der Waals surface area contributed by atoms with E-state index >= 15 is 0 Å². The molecule has 2 heterocycles. The predicted molar refractivity (Wildman–Crippen MR) is 175 cm³/mol. The summed E-state index contributed by atoms with van der Waals surface area (Å²) in [7, 11) is -7.76. The second-order valence-electron chi connectivity index (χ2n) is 9.99. The van der Waals surface area contributed by atoms with Crippen LogP contribution >= 0.6 is 11.3 Å². The number of rotatable bonds is 18. The fraction of sp³-hybridized carbons (Fsp3) is 0.469. The van der Waals surface area contributed by atoms with Gasteiger partial charge in [-0.25, -0.2) is 21.6 Å². The van der Waals surface area contributed by atoms with Crippen LogP contribution in [0, 0.1) is 0 Å². The van der Waals surface area contributed by atoms with Gasteiger partial charge in [0.1, 0.15) is 8.42 Å². The average Bonchev–Trinajstić information content (AvgIpc) is 3.41. The fourth-order valence-electron chi connectivity index (χ4n) is 4.28. The van der Waals surface area contributed by atoms with Gasteiger partial charge in [-0.3, -0.25) is 4.79 Å². The van der Waals surface area contributed by atoms with E-state index < -0.39 is 31.0 Å². The minimum absolute atomic E-state index is 0.0157. The molecule has 232 valence electrons. The molecule has 1 amide bonds. The van der Waals surface area contributed by atoms with Gasteiger partial charge in [-0.2, -0.15) is 0 Å². The first-order chi connectivity index (χ1) is 20.1. The second kappa shape index (κ2) is 18.9. The summed E-state index contributed by atoms with van der Waals surface area (Å²) < 4.78 is 53.3. The number of thiophene rings is 1. The van der Waals surface area contributed by atoms with Gasteiger partial charge in [0.25, 0.3) is 10.0 Å². The molecule has 0 saturated carbocycles. The number of nitrogens with one attached hydrogen (secondary N) is 2. The molecular weight excluding hydrogens is 589 g/mol. The molecule has 0 aromatic carbocycles. The molecule has 7 nitrogen and oxygen atoms in total. The normalized spacial score (nSPS) is 19.3. The highest BCUT2D eigenvalue weighted by molar-refractivity contribution is 7.95. The SMILES string of the molecule is CC/C=C\C/C=C\C/C=C\C/C=C\C/C=C\C/C=C\CCC(=O)NS(=O)(=O)c1cc2c(s1)S(=O)(=O)[C@@H](C)C[C@@H]2NCC. The quantitative estimate of drug-likeness (QED) is 0.165. The van der Waals surface area contributed by atoms with Crippen LogP contribution in [0.1, 0.15) is 90.2 Å². The van der Waals surface area contributed by atoms with Crippen molar-refractivity contribution in [2.75, 3.05) is 6.54 Å². The molecule has 10 heteroatoms. The van der Waals surface area contributed by atoms with Crippen LogP contribution in [0.3, 0.4) is 0 Å². The third-order valence-corrected chi connectivity index (χ3v) is 12.3. The molecule has 2 rings (SSSR count). The number of sulfonamides is 1. The summed E-state index contributed by atoms with van der Waals surface area (Å²) in [6.07, 6.45) is 31.6. The van der Waals surface area contributed by atoms with Gasteiger partial charge in [0, 0.05) is 18.0 Å². The van der Waals surface area contributed by atoms with Gasteiger partial charge in [0.15, 0.2) is 9.84 Å². The summed E-state index contributed by atoms with van der Waals surface area (Å²) in [5.74, 6) is -0.625. The Balaban J connectivity index is 1.69. The van der Waals surface area contributed by atoms with Crippen LogP contribution in [-0.4, -0.2) is 34.5 Å². The van der Waals surface area contributed by atoms with E-state index in [9.17, 15) is 21.6 Å². The number of fused-ring (bicyclic) bond motifs is 1. The first-order valence-electron chi connectivity index (χ1n) is 14.7. The Morgan fingerprint density at radius 3 is 1.88 bits per heavy atom. The van der Waals surface area contributed by atoms with E-state index in [2.05, 4.69) is 71.6 Å². The largest absolute Gasteiger partial charge is 0.310 e. The smallest absolute Gasteiger partial charge is 0.273 e. The number of hydrogen-bond acceptors (Lipinski definition) is 7. The Hall–Kier alpha value is -2.53. The van der Waals surface area contributed by atoms with Crippen molar-refractivity contribution >= 4 is 37.1 Å². The van der Waals surface area contributed by atoms with Crippen LogP contribution in [0.5, 0.6) is 0 Å². The van der Waals surface area contributed by atoms with Crippen molar-refractivity contribution in [3.05, 3.63) is 84.5 Å². The molecule has 0 radical (unpaired) electrons. The average molecular weight is 635 g/mol. The van der Waals surface area contributed by atoms with Crippen molar-refractivity contribution in [1.29, 1.82) is 0 Å². The maximum absolute atomic E-state index is 12.8. The standard InChI is InChI=1S/C32H46N2O5S3/c1-4-6-7-8-9-10-11-12-13-14-15-16-17-18-19-20-21-22-23-24-30(35)34-42(38,39)31-26-28-29(33-5-2)25-27(3)41(36,37)32(28)40-31/h6-7,9-10,12-13,15-16,18-19,21-22,26-27,29,33H,4-5,8,11,14,17,20,23-25H2,1-3H3,(H,34,35)/b7-6-,10-9-,13-12-,16-15-,19-18-,22-21-/t27-,29-/m0/s1. The van der Waals surface area contributed by atoms with Crippen LogP contribution in [0.4, 0.5) is 0 Å². The number of amides is 1. The van der Waals surface area contributed by atoms with Crippen LogP contribution in [0.25, 0.3) is 0 Å². The zero-order valence-corrected chi connectivity index (χ0v) is 27.4. The third kappa shape index (κ3) is 12.0. The van der Waals surface area contributed by atoms with E-state index in [-0.39, 0.29) is 20.9 Å². The molecule has 0 bridgehead atoms. The topological polar surface area (TPSA) is 109 Å². The van der Waals surface area contributed by atoms with Gasteiger partial charge in [-0.1, -0.05) is 86.8 Å². The Bertz CT molecular complexity index is 1380. The summed E-state index contributed by atoms with van der Waals surface area (Å²) in [6.45, 7) is 6.30. The molecule has 0 aliphatic carbocycles. The van der Waals surface area contributed by atoms with Crippen LogP contribution in [-0.2, 0) is 24.7 Å². The molecule has 2 atom stereocenters. The van der Waals surface area contributed by atoms with E-state index in [1.807, 2.05) is 25.2 Å². The molecule has 1 aliphatic rings. The number of sulfone groups is 1. The highest BCUT2D eigenvalue weighted by atomic mass is 32.3. The number of allylic oxidation sites excluding steroid dienone is 12. The fourth-order valence-corrected chi connectivity index (χ4v) is 9.29. The predicted octanol–water partition coefficient (Wildman–Crippen LogP) is 7.25. The molecule has 2 N–H and O–H groups in total. The zero-order valence-electron chi connectivity index (χ0n) is 25.0. The first-order valence-corrected chi connectivity index (χ1v) is 18.5. The Morgan fingerprint density at radius 2 is 1.38 bits per heavy atom. The van der Waals surface area contributed by atoms with Crippen molar-refractivity contribution in [2.45, 2.75) is 98.3 Å². The monoisotopic (exact) mass is 634 g/mol. The lowest BCUT2D eigenvalue weighted by atomic mass is 10.1.